The number of rotatable bonds is 4. The molecule has 0 unspecified atom stereocenters. The van der Waals surface area contributed by atoms with Gasteiger partial charge in [-0.3, -0.25) is 9.59 Å². The van der Waals surface area contributed by atoms with E-state index in [9.17, 15) is 9.59 Å². The second kappa shape index (κ2) is 7.85. The largest absolute Gasteiger partial charge is 0.379 e. The van der Waals surface area contributed by atoms with Gasteiger partial charge in [0.25, 0.3) is 5.91 Å². The van der Waals surface area contributed by atoms with Gasteiger partial charge in [0.2, 0.25) is 5.91 Å². The average molecular weight is 371 g/mol. The summed E-state index contributed by atoms with van der Waals surface area (Å²) in [6, 6.07) is 1.56. The first-order valence-corrected chi connectivity index (χ1v) is 9.71. The zero-order valence-electron chi connectivity index (χ0n) is 13.8. The summed E-state index contributed by atoms with van der Waals surface area (Å²) in [4.78, 5) is 27.6. The summed E-state index contributed by atoms with van der Waals surface area (Å²) in [5, 5.41) is 5.29. The Morgan fingerprint density at radius 2 is 2.08 bits per heavy atom. The second-order valence-corrected chi connectivity index (χ2v) is 7.82. The monoisotopic (exact) mass is 370 g/mol. The van der Waals surface area contributed by atoms with Gasteiger partial charge < -0.3 is 15.0 Å². The summed E-state index contributed by atoms with van der Waals surface area (Å²) in [6.07, 6.45) is 4.36. The van der Waals surface area contributed by atoms with Crippen LogP contribution in [0.2, 0.25) is 5.02 Å². The molecule has 1 N–H and O–H groups in total. The van der Waals surface area contributed by atoms with E-state index >= 15 is 0 Å². The van der Waals surface area contributed by atoms with Crippen LogP contribution in [0.3, 0.4) is 0 Å². The highest BCUT2D eigenvalue weighted by Crippen LogP contribution is 2.30. The third-order valence-electron chi connectivity index (χ3n) is 5.00. The fourth-order valence-electron chi connectivity index (χ4n) is 3.69. The van der Waals surface area contributed by atoms with E-state index in [1.165, 1.54) is 11.3 Å². The Kier molecular flexibility index (Phi) is 5.79. The number of nitrogens with one attached hydrogen (secondary N) is 1. The van der Waals surface area contributed by atoms with Crippen LogP contribution in [0.25, 0.3) is 0 Å². The van der Waals surface area contributed by atoms with E-state index in [1.54, 1.807) is 18.6 Å². The van der Waals surface area contributed by atoms with Gasteiger partial charge >= 0.3 is 0 Å². The third kappa shape index (κ3) is 3.76. The number of likely N-dealkylation sites (tertiary alicyclic amines) is 1. The van der Waals surface area contributed by atoms with Gasteiger partial charge in [0.05, 0.1) is 17.2 Å². The quantitative estimate of drug-likeness (QED) is 0.886. The molecule has 2 aliphatic rings. The van der Waals surface area contributed by atoms with Crippen LogP contribution < -0.4 is 5.32 Å². The predicted molar refractivity (Wildman–Crippen MR) is 94.5 cm³/mol. The molecule has 1 aliphatic carbocycles. The summed E-state index contributed by atoms with van der Waals surface area (Å²) in [5.41, 5.74) is 0. The van der Waals surface area contributed by atoms with Crippen molar-refractivity contribution in [3.8, 4) is 0 Å². The van der Waals surface area contributed by atoms with Gasteiger partial charge in [0.1, 0.15) is 4.88 Å². The molecule has 2 heterocycles. The molecule has 132 valence electrons. The number of amides is 2. The Bertz CT molecular complexity index is 600. The molecule has 0 spiro atoms. The van der Waals surface area contributed by atoms with Crippen LogP contribution in [0.1, 0.15) is 41.8 Å². The lowest BCUT2D eigenvalue weighted by atomic mass is 9.82. The van der Waals surface area contributed by atoms with E-state index in [1.807, 2.05) is 4.90 Å². The van der Waals surface area contributed by atoms with Crippen molar-refractivity contribution in [3.63, 3.8) is 0 Å². The third-order valence-corrected chi connectivity index (χ3v) is 6.34. The van der Waals surface area contributed by atoms with Crippen LogP contribution in [0.4, 0.5) is 0 Å². The lowest BCUT2D eigenvalue weighted by Crippen LogP contribution is -2.50. The smallest absolute Gasteiger partial charge is 0.263 e. The van der Waals surface area contributed by atoms with E-state index < -0.39 is 0 Å². The van der Waals surface area contributed by atoms with Crippen molar-refractivity contribution < 1.29 is 14.3 Å². The fourth-order valence-corrected chi connectivity index (χ4v) is 4.73. The molecule has 1 saturated carbocycles. The van der Waals surface area contributed by atoms with Crippen molar-refractivity contribution in [2.24, 2.45) is 5.92 Å². The van der Waals surface area contributed by atoms with Gasteiger partial charge in [-0.05, 0) is 43.6 Å². The summed E-state index contributed by atoms with van der Waals surface area (Å²) >= 11 is 7.37. The number of nitrogens with zero attached hydrogens (tertiary/aromatic N) is 1. The molecule has 1 aromatic heterocycles. The highest BCUT2D eigenvalue weighted by atomic mass is 35.5. The molecular weight excluding hydrogens is 348 g/mol. The van der Waals surface area contributed by atoms with Gasteiger partial charge in [0, 0.05) is 26.1 Å². The highest BCUT2D eigenvalue weighted by Gasteiger charge is 2.37. The maximum atomic E-state index is 12.7. The van der Waals surface area contributed by atoms with E-state index in [0.29, 0.717) is 16.3 Å². The van der Waals surface area contributed by atoms with Crippen molar-refractivity contribution in [2.45, 2.75) is 44.2 Å². The Labute approximate surface area is 151 Å². The van der Waals surface area contributed by atoms with Crippen LogP contribution >= 0.6 is 22.9 Å². The van der Waals surface area contributed by atoms with Crippen LogP contribution in [-0.2, 0) is 9.53 Å². The first kappa shape index (κ1) is 17.7. The number of carbonyl (C=O) groups is 2. The Balaban J connectivity index is 1.66. The first-order chi connectivity index (χ1) is 11.6. The molecule has 0 bridgehead atoms. The zero-order chi connectivity index (χ0) is 17.1. The minimum atomic E-state index is -0.184. The molecule has 1 aromatic rings. The van der Waals surface area contributed by atoms with E-state index in [-0.39, 0.29) is 29.9 Å². The van der Waals surface area contributed by atoms with Gasteiger partial charge in [-0.25, -0.2) is 0 Å². The Morgan fingerprint density at radius 1 is 1.33 bits per heavy atom. The number of thiophene rings is 1. The molecule has 1 saturated heterocycles. The van der Waals surface area contributed by atoms with Crippen LogP contribution in [0, 0.1) is 5.92 Å². The van der Waals surface area contributed by atoms with Crippen LogP contribution in [0.5, 0.6) is 0 Å². The predicted octanol–water partition coefficient (Wildman–Crippen LogP) is 2.94. The number of hydrogen-bond acceptors (Lipinski definition) is 4. The van der Waals surface area contributed by atoms with E-state index in [0.717, 1.165) is 38.8 Å². The first-order valence-electron chi connectivity index (χ1n) is 8.45. The molecule has 3 atom stereocenters. The molecule has 1 aliphatic heterocycles. The van der Waals surface area contributed by atoms with Gasteiger partial charge in [-0.2, -0.15) is 0 Å². The second-order valence-electron chi connectivity index (χ2n) is 6.49. The summed E-state index contributed by atoms with van der Waals surface area (Å²) in [5.74, 6) is 0.0189. The van der Waals surface area contributed by atoms with Crippen molar-refractivity contribution in [1.82, 2.24) is 10.2 Å². The van der Waals surface area contributed by atoms with Crippen molar-refractivity contribution >= 4 is 34.8 Å². The molecular formula is C17H23ClN2O3S. The molecule has 24 heavy (non-hydrogen) atoms. The molecule has 3 rings (SSSR count). The molecule has 7 heteroatoms. The lowest BCUT2D eigenvalue weighted by Gasteiger charge is -2.36. The zero-order valence-corrected chi connectivity index (χ0v) is 15.4. The number of methoxy groups -OCH3 is 1. The maximum Gasteiger partial charge on any atom is 0.263 e. The van der Waals surface area contributed by atoms with E-state index in [4.69, 9.17) is 16.3 Å². The Morgan fingerprint density at radius 3 is 2.71 bits per heavy atom. The topological polar surface area (TPSA) is 58.6 Å². The van der Waals surface area contributed by atoms with Gasteiger partial charge in [0.15, 0.2) is 0 Å². The van der Waals surface area contributed by atoms with Gasteiger partial charge in [-0.15, -0.1) is 11.3 Å². The number of halogens is 1. The summed E-state index contributed by atoms with van der Waals surface area (Å²) < 4.78 is 5.54. The average Bonchev–Trinajstić information content (AvgIpc) is 3.25. The molecule has 0 radical (unpaired) electrons. The number of ether oxygens (including phenoxy) is 1. The number of hydrogen-bond donors (Lipinski definition) is 1. The summed E-state index contributed by atoms with van der Waals surface area (Å²) in [6.45, 7) is 1.73. The normalized spacial score (nSPS) is 27.2. The highest BCUT2D eigenvalue weighted by molar-refractivity contribution is 7.12. The van der Waals surface area contributed by atoms with E-state index in [2.05, 4.69) is 5.32 Å². The standard InChI is InChI=1S/C17H23ClN2O3S/c1-23-14-5-4-11(17(22)20-7-2-3-8-20)10-13(14)19-16(21)15-12(18)6-9-24-15/h6,9,11,13-14H,2-5,7-8,10H2,1H3,(H,19,21)/t11-,13+,14+/m0/s1. The minimum Gasteiger partial charge on any atom is -0.379 e. The van der Waals surface area contributed by atoms with Crippen molar-refractivity contribution in [2.75, 3.05) is 20.2 Å². The van der Waals surface area contributed by atoms with Crippen LogP contribution in [-0.4, -0.2) is 49.1 Å². The Hall–Kier alpha value is -1.11. The molecule has 0 aromatic carbocycles. The number of carbonyl (C=O) groups excluding carboxylic acids is 2. The van der Waals surface area contributed by atoms with Crippen LogP contribution in [0.15, 0.2) is 11.4 Å². The minimum absolute atomic E-state index is 0.0291. The molecule has 5 nitrogen and oxygen atoms in total. The SMILES string of the molecule is CO[C@@H]1CC[C@H](C(=O)N2CCCC2)C[C@H]1NC(=O)c1sccc1Cl. The molecule has 2 amide bonds. The van der Waals surface area contributed by atoms with Crippen molar-refractivity contribution in [3.05, 3.63) is 21.3 Å². The summed E-state index contributed by atoms with van der Waals surface area (Å²) in [7, 11) is 1.66. The fraction of sp³-hybridized carbons (Fsp3) is 0.647. The maximum absolute atomic E-state index is 12.7. The molecule has 2 fully saturated rings. The van der Waals surface area contributed by atoms with Gasteiger partial charge in [-0.1, -0.05) is 11.6 Å². The van der Waals surface area contributed by atoms with Crippen molar-refractivity contribution in [1.29, 1.82) is 0 Å². The lowest BCUT2D eigenvalue weighted by molar-refractivity contribution is -0.136.